The van der Waals surface area contributed by atoms with Gasteiger partial charge in [0.15, 0.2) is 0 Å². The summed E-state index contributed by atoms with van der Waals surface area (Å²) in [4.78, 5) is 16.1. The molecule has 0 bridgehead atoms. The van der Waals surface area contributed by atoms with Crippen molar-refractivity contribution in [3.63, 3.8) is 0 Å². The molecular weight excluding hydrogens is 270 g/mol. The maximum Gasteiger partial charge on any atom is 0.258 e. The van der Waals surface area contributed by atoms with Crippen molar-refractivity contribution in [3.05, 3.63) is 17.9 Å². The number of anilines is 1. The van der Waals surface area contributed by atoms with Gasteiger partial charge in [-0.1, -0.05) is 6.92 Å². The molecule has 1 N–H and O–H groups in total. The highest BCUT2D eigenvalue weighted by molar-refractivity contribution is 6.28. The summed E-state index contributed by atoms with van der Waals surface area (Å²) in [5, 5.41) is 7.18. The number of nitrogens with zero attached hydrogens (tertiary/aromatic N) is 6. The van der Waals surface area contributed by atoms with Crippen molar-refractivity contribution in [1.29, 1.82) is 0 Å². The molecule has 0 aliphatic heterocycles. The lowest BCUT2D eigenvalue weighted by molar-refractivity contribution is 0.184. The van der Waals surface area contributed by atoms with Crippen LogP contribution in [-0.2, 0) is 4.74 Å². The van der Waals surface area contributed by atoms with Gasteiger partial charge in [-0.15, -0.1) is 0 Å². The first-order valence-electron chi connectivity index (χ1n) is 5.75. The fraction of sp³-hybridized carbons (Fsp3) is 0.500. The van der Waals surface area contributed by atoms with Crippen LogP contribution in [0.2, 0.25) is 5.28 Å². The summed E-state index contributed by atoms with van der Waals surface area (Å²) in [5.41, 5.74) is 0. The Kier molecular flexibility index (Phi) is 4.58. The van der Waals surface area contributed by atoms with Gasteiger partial charge in [-0.05, 0) is 18.0 Å². The Hall–Kier alpha value is -1.80. The second-order valence-corrected chi connectivity index (χ2v) is 4.11. The highest BCUT2D eigenvalue weighted by Crippen LogP contribution is 2.10. The van der Waals surface area contributed by atoms with Gasteiger partial charge in [0.05, 0.1) is 12.6 Å². The largest absolute Gasteiger partial charge is 0.383 e. The van der Waals surface area contributed by atoms with E-state index in [1.165, 1.54) is 17.3 Å². The molecule has 0 aliphatic carbocycles. The number of hydrogen-bond acceptors (Lipinski definition) is 7. The molecule has 1 unspecified atom stereocenters. The minimum Gasteiger partial charge on any atom is -0.383 e. The summed E-state index contributed by atoms with van der Waals surface area (Å²) >= 11 is 5.88. The molecule has 0 spiro atoms. The molecule has 0 fully saturated rings. The molecule has 0 amide bonds. The van der Waals surface area contributed by atoms with Crippen LogP contribution in [0.1, 0.15) is 13.3 Å². The lowest BCUT2D eigenvalue weighted by Gasteiger charge is -2.15. The second-order valence-electron chi connectivity index (χ2n) is 3.77. The first-order valence-corrected chi connectivity index (χ1v) is 6.12. The summed E-state index contributed by atoms with van der Waals surface area (Å²) in [6.07, 6.45) is 3.75. The Morgan fingerprint density at radius 1 is 1.42 bits per heavy atom. The Balaban J connectivity index is 2.21. The highest BCUT2D eigenvalue weighted by Gasteiger charge is 2.11. The van der Waals surface area contributed by atoms with Gasteiger partial charge in [0.25, 0.3) is 5.95 Å². The van der Waals surface area contributed by atoms with E-state index < -0.39 is 0 Å². The van der Waals surface area contributed by atoms with E-state index in [-0.39, 0.29) is 11.3 Å². The van der Waals surface area contributed by atoms with Gasteiger partial charge in [0, 0.05) is 7.11 Å². The molecule has 0 saturated heterocycles. The molecule has 2 aromatic rings. The molecule has 2 aromatic heterocycles. The van der Waals surface area contributed by atoms with Gasteiger partial charge in [0.2, 0.25) is 11.2 Å². The van der Waals surface area contributed by atoms with Crippen LogP contribution < -0.4 is 5.32 Å². The van der Waals surface area contributed by atoms with E-state index in [4.69, 9.17) is 16.3 Å². The van der Waals surface area contributed by atoms with Crippen molar-refractivity contribution < 1.29 is 4.74 Å². The summed E-state index contributed by atoms with van der Waals surface area (Å²) in [7, 11) is 1.64. The van der Waals surface area contributed by atoms with Gasteiger partial charge in [-0.25, -0.2) is 4.98 Å². The topological polar surface area (TPSA) is 90.6 Å². The Labute approximate surface area is 115 Å². The quantitative estimate of drug-likeness (QED) is 0.843. The third kappa shape index (κ3) is 3.58. The van der Waals surface area contributed by atoms with Crippen molar-refractivity contribution in [3.8, 4) is 5.95 Å². The number of hydrogen-bond donors (Lipinski definition) is 1. The van der Waals surface area contributed by atoms with E-state index >= 15 is 0 Å². The van der Waals surface area contributed by atoms with Crippen LogP contribution in [0, 0.1) is 0 Å². The first kappa shape index (κ1) is 13.6. The highest BCUT2D eigenvalue weighted by atomic mass is 35.5. The fourth-order valence-corrected chi connectivity index (χ4v) is 1.62. The van der Waals surface area contributed by atoms with Gasteiger partial charge >= 0.3 is 0 Å². The Morgan fingerprint density at radius 3 is 2.89 bits per heavy atom. The molecule has 8 nitrogen and oxygen atoms in total. The number of nitrogens with one attached hydrogen (secondary N) is 1. The fourth-order valence-electron chi connectivity index (χ4n) is 1.46. The first-order chi connectivity index (χ1) is 9.22. The maximum absolute atomic E-state index is 5.88. The second kappa shape index (κ2) is 6.39. The predicted molar refractivity (Wildman–Crippen MR) is 69.3 cm³/mol. The molecule has 102 valence electrons. The molecule has 0 aromatic carbocycles. The van der Waals surface area contributed by atoms with Crippen molar-refractivity contribution in [2.45, 2.75) is 19.4 Å². The number of methoxy groups -OCH3 is 1. The van der Waals surface area contributed by atoms with E-state index in [9.17, 15) is 0 Å². The predicted octanol–water partition coefficient (Wildman–Crippen LogP) is 0.943. The minimum atomic E-state index is 0.0928. The molecule has 0 saturated carbocycles. The summed E-state index contributed by atoms with van der Waals surface area (Å²) < 4.78 is 6.52. The molecule has 1 atom stereocenters. The van der Waals surface area contributed by atoms with Crippen LogP contribution in [-0.4, -0.2) is 49.5 Å². The van der Waals surface area contributed by atoms with E-state index in [1.807, 2.05) is 6.92 Å². The number of ether oxygens (including phenoxy) is 1. The average molecular weight is 284 g/mol. The molecule has 0 radical (unpaired) electrons. The maximum atomic E-state index is 5.88. The lowest BCUT2D eigenvalue weighted by atomic mass is 10.2. The third-order valence-corrected chi connectivity index (χ3v) is 2.58. The average Bonchev–Trinajstić information content (AvgIpc) is 2.91. The minimum absolute atomic E-state index is 0.0928. The van der Waals surface area contributed by atoms with Crippen molar-refractivity contribution in [2.24, 2.45) is 0 Å². The monoisotopic (exact) mass is 283 g/mol. The summed E-state index contributed by atoms with van der Waals surface area (Å²) in [6.45, 7) is 2.59. The number of aromatic nitrogens is 6. The molecular formula is C10H14ClN7O. The van der Waals surface area contributed by atoms with Gasteiger partial charge in [-0.3, -0.25) is 0 Å². The molecule has 2 heterocycles. The van der Waals surface area contributed by atoms with Gasteiger partial charge in [0.1, 0.15) is 12.7 Å². The molecule has 9 heteroatoms. The van der Waals surface area contributed by atoms with E-state index in [0.29, 0.717) is 18.5 Å². The molecule has 19 heavy (non-hydrogen) atoms. The van der Waals surface area contributed by atoms with E-state index in [2.05, 4.69) is 30.4 Å². The van der Waals surface area contributed by atoms with Crippen LogP contribution in [0.4, 0.5) is 5.95 Å². The van der Waals surface area contributed by atoms with Crippen LogP contribution in [0.3, 0.4) is 0 Å². The van der Waals surface area contributed by atoms with E-state index in [0.717, 1.165) is 6.42 Å². The number of halogens is 1. The van der Waals surface area contributed by atoms with Gasteiger partial charge < -0.3 is 10.1 Å². The Morgan fingerprint density at radius 2 is 2.26 bits per heavy atom. The smallest absolute Gasteiger partial charge is 0.258 e. The third-order valence-electron chi connectivity index (χ3n) is 2.41. The Bertz CT molecular complexity index is 519. The van der Waals surface area contributed by atoms with Crippen LogP contribution in [0.25, 0.3) is 5.95 Å². The SMILES string of the molecule is CCC(COC)Nc1nc(Cl)nc(-n2cncn2)n1. The normalized spacial score (nSPS) is 12.4. The molecule has 2 rings (SSSR count). The summed E-state index contributed by atoms with van der Waals surface area (Å²) in [6, 6.07) is 0.104. The lowest BCUT2D eigenvalue weighted by Crippen LogP contribution is -2.25. The zero-order valence-corrected chi connectivity index (χ0v) is 11.4. The number of rotatable bonds is 6. The van der Waals surface area contributed by atoms with Crippen molar-refractivity contribution >= 4 is 17.5 Å². The zero-order chi connectivity index (χ0) is 13.7. The van der Waals surface area contributed by atoms with Crippen LogP contribution >= 0.6 is 11.6 Å². The van der Waals surface area contributed by atoms with Crippen molar-refractivity contribution in [2.75, 3.05) is 19.0 Å². The molecule has 0 aliphatic rings. The van der Waals surface area contributed by atoms with Crippen LogP contribution in [0.5, 0.6) is 0 Å². The van der Waals surface area contributed by atoms with Crippen LogP contribution in [0.15, 0.2) is 12.7 Å². The zero-order valence-electron chi connectivity index (χ0n) is 10.6. The van der Waals surface area contributed by atoms with E-state index in [1.54, 1.807) is 7.11 Å². The standard InChI is InChI=1S/C10H14ClN7O/c1-3-7(4-19-2)14-9-15-8(11)16-10(17-9)18-6-12-5-13-18/h5-7H,3-4H2,1-2H3,(H,14,15,16,17). The van der Waals surface area contributed by atoms with Gasteiger partial charge in [-0.2, -0.15) is 24.7 Å². The van der Waals surface area contributed by atoms with Crippen molar-refractivity contribution in [1.82, 2.24) is 29.7 Å². The summed E-state index contributed by atoms with van der Waals surface area (Å²) in [5.74, 6) is 0.696.